The van der Waals surface area contributed by atoms with Gasteiger partial charge >= 0.3 is 0 Å². The fourth-order valence-corrected chi connectivity index (χ4v) is 4.78. The van der Waals surface area contributed by atoms with E-state index < -0.39 is 0 Å². The summed E-state index contributed by atoms with van der Waals surface area (Å²) in [6.45, 7) is 4.57. The van der Waals surface area contributed by atoms with Crippen molar-refractivity contribution in [3.63, 3.8) is 0 Å². The van der Waals surface area contributed by atoms with Gasteiger partial charge in [0.25, 0.3) is 0 Å². The van der Waals surface area contributed by atoms with Gasteiger partial charge in [0.2, 0.25) is 0 Å². The predicted octanol–water partition coefficient (Wildman–Crippen LogP) is 6.45. The number of fused-ring (bicyclic) bond motifs is 2. The molecule has 2 aliphatic carbocycles. The Labute approximate surface area is 154 Å². The average Bonchev–Trinajstić information content (AvgIpc) is 3.17. The molecule has 0 amide bonds. The first-order chi connectivity index (χ1) is 12.7. The number of nitrogens with zero attached hydrogens (tertiary/aromatic N) is 1. The molecule has 1 aromatic heterocycles. The zero-order valence-corrected chi connectivity index (χ0v) is 15.1. The van der Waals surface area contributed by atoms with Crippen LogP contribution in [-0.2, 0) is 0 Å². The maximum Gasteiger partial charge on any atom is 0.0273 e. The molecule has 2 aliphatic rings. The van der Waals surface area contributed by atoms with Crippen LogP contribution in [-0.4, -0.2) is 4.98 Å². The van der Waals surface area contributed by atoms with E-state index in [2.05, 4.69) is 85.6 Å². The average molecular weight is 335 g/mol. The zero-order chi connectivity index (χ0) is 17.7. The quantitative estimate of drug-likeness (QED) is 0.524. The first-order valence-electron chi connectivity index (χ1n) is 9.22. The standard InChI is InChI=1S/C25H21N/c1-16-14-19-6-3-4-8-22(19)23(16)24-17(2)15-20-7-5-9-21(25(20)24)18-10-12-26-13-11-18/h3-15,23-24H,1-2H3. The molecule has 0 radical (unpaired) electrons. The largest absolute Gasteiger partial charge is 0.265 e. The lowest BCUT2D eigenvalue weighted by atomic mass is 9.76. The summed E-state index contributed by atoms with van der Waals surface area (Å²) >= 11 is 0. The molecule has 3 aromatic rings. The van der Waals surface area contributed by atoms with E-state index in [0.29, 0.717) is 11.8 Å². The molecule has 0 saturated heterocycles. The molecule has 0 aliphatic heterocycles. The van der Waals surface area contributed by atoms with E-state index in [9.17, 15) is 0 Å². The van der Waals surface area contributed by atoms with Gasteiger partial charge in [-0.2, -0.15) is 0 Å². The lowest BCUT2D eigenvalue weighted by Crippen LogP contribution is -2.11. The topological polar surface area (TPSA) is 12.9 Å². The van der Waals surface area contributed by atoms with Crippen LogP contribution in [0.15, 0.2) is 78.1 Å². The molecule has 0 saturated carbocycles. The minimum atomic E-state index is 0.397. The molecule has 0 fully saturated rings. The third-order valence-corrected chi connectivity index (χ3v) is 5.85. The fraction of sp³-hybridized carbons (Fsp3) is 0.160. The van der Waals surface area contributed by atoms with Crippen molar-refractivity contribution < 1.29 is 0 Å². The normalized spacial score (nSPS) is 20.4. The number of aromatic nitrogens is 1. The van der Waals surface area contributed by atoms with Crippen molar-refractivity contribution in [2.24, 2.45) is 0 Å². The van der Waals surface area contributed by atoms with Gasteiger partial charge in [0.05, 0.1) is 0 Å². The van der Waals surface area contributed by atoms with Gasteiger partial charge in [-0.1, -0.05) is 65.8 Å². The molecule has 1 nitrogen and oxygen atoms in total. The highest BCUT2D eigenvalue weighted by Gasteiger charge is 2.37. The Balaban J connectivity index is 1.71. The molecule has 1 heterocycles. The molecular weight excluding hydrogens is 314 g/mol. The van der Waals surface area contributed by atoms with Gasteiger partial charge in [0, 0.05) is 24.2 Å². The molecule has 1 heteroatoms. The molecule has 2 aromatic carbocycles. The highest BCUT2D eigenvalue weighted by atomic mass is 14.6. The van der Waals surface area contributed by atoms with Crippen molar-refractivity contribution in [2.45, 2.75) is 25.7 Å². The van der Waals surface area contributed by atoms with Gasteiger partial charge in [0.15, 0.2) is 0 Å². The Bertz CT molecular complexity index is 1060. The Morgan fingerprint density at radius 3 is 2.23 bits per heavy atom. The summed E-state index contributed by atoms with van der Waals surface area (Å²) in [5.74, 6) is 0.820. The van der Waals surface area contributed by atoms with Gasteiger partial charge in [-0.3, -0.25) is 4.98 Å². The van der Waals surface area contributed by atoms with Crippen LogP contribution in [0, 0.1) is 0 Å². The van der Waals surface area contributed by atoms with E-state index in [4.69, 9.17) is 0 Å². The molecule has 0 N–H and O–H groups in total. The monoisotopic (exact) mass is 335 g/mol. The maximum absolute atomic E-state index is 4.20. The van der Waals surface area contributed by atoms with E-state index in [0.717, 1.165) is 0 Å². The van der Waals surface area contributed by atoms with Crippen LogP contribution in [0.4, 0.5) is 0 Å². The molecule has 5 rings (SSSR count). The van der Waals surface area contributed by atoms with Crippen LogP contribution < -0.4 is 0 Å². The minimum absolute atomic E-state index is 0.397. The van der Waals surface area contributed by atoms with Crippen LogP contribution in [0.2, 0.25) is 0 Å². The van der Waals surface area contributed by atoms with Crippen LogP contribution in [0.25, 0.3) is 23.3 Å². The number of allylic oxidation sites excluding steroid dienone is 2. The highest BCUT2D eigenvalue weighted by molar-refractivity contribution is 5.81. The Kier molecular flexibility index (Phi) is 3.43. The SMILES string of the molecule is CC1=Cc2ccccc2C1C1C(C)=Cc2cccc(-c3ccncc3)c21. The van der Waals surface area contributed by atoms with Gasteiger partial charge in [-0.05, 0) is 59.4 Å². The van der Waals surface area contributed by atoms with E-state index >= 15 is 0 Å². The Hall–Kier alpha value is -2.93. The van der Waals surface area contributed by atoms with Crippen molar-refractivity contribution in [2.75, 3.05) is 0 Å². The van der Waals surface area contributed by atoms with Gasteiger partial charge in [-0.15, -0.1) is 0 Å². The van der Waals surface area contributed by atoms with Crippen molar-refractivity contribution in [3.8, 4) is 11.1 Å². The first kappa shape index (κ1) is 15.3. The summed E-state index contributed by atoms with van der Waals surface area (Å²) in [7, 11) is 0. The van der Waals surface area contributed by atoms with Crippen molar-refractivity contribution in [3.05, 3.63) is 100 Å². The number of hydrogen-bond donors (Lipinski definition) is 0. The second-order valence-corrected chi connectivity index (χ2v) is 7.41. The summed E-state index contributed by atoms with van der Waals surface area (Å²) in [5, 5.41) is 0. The molecule has 26 heavy (non-hydrogen) atoms. The van der Waals surface area contributed by atoms with E-state index in [1.807, 2.05) is 12.4 Å². The van der Waals surface area contributed by atoms with Crippen molar-refractivity contribution in [1.82, 2.24) is 4.98 Å². The summed E-state index contributed by atoms with van der Waals surface area (Å²) in [6.07, 6.45) is 8.50. The Morgan fingerprint density at radius 2 is 1.38 bits per heavy atom. The lowest BCUT2D eigenvalue weighted by molar-refractivity contribution is 0.693. The van der Waals surface area contributed by atoms with Crippen LogP contribution in [0.1, 0.15) is 47.9 Å². The summed E-state index contributed by atoms with van der Waals surface area (Å²) in [5.41, 5.74) is 11.2. The second-order valence-electron chi connectivity index (χ2n) is 7.41. The van der Waals surface area contributed by atoms with Gasteiger partial charge < -0.3 is 0 Å². The lowest BCUT2D eigenvalue weighted by Gasteiger charge is -2.27. The number of rotatable bonds is 2. The number of benzene rings is 2. The van der Waals surface area contributed by atoms with Gasteiger partial charge in [-0.25, -0.2) is 0 Å². The number of hydrogen-bond acceptors (Lipinski definition) is 1. The first-order valence-corrected chi connectivity index (χ1v) is 9.22. The third-order valence-electron chi connectivity index (χ3n) is 5.85. The smallest absolute Gasteiger partial charge is 0.0273 e. The summed E-state index contributed by atoms with van der Waals surface area (Å²) in [4.78, 5) is 4.20. The third kappa shape index (κ3) is 2.20. The van der Waals surface area contributed by atoms with Crippen LogP contribution >= 0.6 is 0 Å². The predicted molar refractivity (Wildman–Crippen MR) is 109 cm³/mol. The molecular formula is C25H21N. The summed E-state index contributed by atoms with van der Waals surface area (Å²) < 4.78 is 0. The molecule has 126 valence electrons. The fourth-order valence-electron chi connectivity index (χ4n) is 4.78. The van der Waals surface area contributed by atoms with Crippen LogP contribution in [0.3, 0.4) is 0 Å². The van der Waals surface area contributed by atoms with Crippen molar-refractivity contribution in [1.29, 1.82) is 0 Å². The molecule has 0 spiro atoms. The molecule has 0 bridgehead atoms. The van der Waals surface area contributed by atoms with Crippen molar-refractivity contribution >= 4 is 12.2 Å². The van der Waals surface area contributed by atoms with E-state index in [-0.39, 0.29) is 0 Å². The van der Waals surface area contributed by atoms with Gasteiger partial charge in [0.1, 0.15) is 0 Å². The maximum atomic E-state index is 4.20. The summed E-state index contributed by atoms with van der Waals surface area (Å²) in [6, 6.07) is 19.8. The van der Waals surface area contributed by atoms with E-state index in [1.165, 1.54) is 44.5 Å². The minimum Gasteiger partial charge on any atom is -0.265 e. The highest BCUT2D eigenvalue weighted by Crippen LogP contribution is 2.54. The zero-order valence-electron chi connectivity index (χ0n) is 15.1. The Morgan fingerprint density at radius 1 is 0.692 bits per heavy atom. The molecule has 2 unspecified atom stereocenters. The second kappa shape index (κ2) is 5.81. The molecule has 2 atom stereocenters. The van der Waals surface area contributed by atoms with E-state index in [1.54, 1.807) is 0 Å². The number of pyridine rings is 1. The van der Waals surface area contributed by atoms with Crippen LogP contribution in [0.5, 0.6) is 0 Å².